The van der Waals surface area contributed by atoms with E-state index < -0.39 is 11.7 Å². The maximum Gasteiger partial charge on any atom is 0.262 e. The number of hydrogen-bond acceptors (Lipinski definition) is 4. The van der Waals surface area contributed by atoms with Gasteiger partial charge in [0.1, 0.15) is 11.3 Å². The average Bonchev–Trinajstić information content (AvgIpc) is 2.61. The summed E-state index contributed by atoms with van der Waals surface area (Å²) in [6.45, 7) is -0.313. The highest BCUT2D eigenvalue weighted by Gasteiger charge is 2.11. The molecule has 25 heavy (non-hydrogen) atoms. The fourth-order valence-corrected chi connectivity index (χ4v) is 2.68. The molecule has 1 N–H and O–H groups in total. The maximum atomic E-state index is 13.7. The van der Waals surface area contributed by atoms with E-state index in [1.54, 1.807) is 37.6 Å². The SMILES string of the molecule is COc1ccc(NC(=O)COc2ccc(Br)cc2F)c2cccnc12. The van der Waals surface area contributed by atoms with Gasteiger partial charge in [0.25, 0.3) is 5.91 Å². The van der Waals surface area contributed by atoms with E-state index in [4.69, 9.17) is 9.47 Å². The van der Waals surface area contributed by atoms with Crippen LogP contribution in [0.3, 0.4) is 0 Å². The predicted octanol–water partition coefficient (Wildman–Crippen LogP) is 4.16. The van der Waals surface area contributed by atoms with Gasteiger partial charge >= 0.3 is 0 Å². The first kappa shape index (κ1) is 17.2. The Labute approximate surface area is 151 Å². The number of fused-ring (bicyclic) bond motifs is 1. The molecule has 0 atom stereocenters. The molecule has 7 heteroatoms. The van der Waals surface area contributed by atoms with Gasteiger partial charge in [0.2, 0.25) is 0 Å². The lowest BCUT2D eigenvalue weighted by atomic mass is 10.1. The van der Waals surface area contributed by atoms with Gasteiger partial charge in [-0.25, -0.2) is 4.39 Å². The van der Waals surface area contributed by atoms with Gasteiger partial charge in [0.05, 0.1) is 12.8 Å². The molecule has 2 aromatic carbocycles. The fourth-order valence-electron chi connectivity index (χ4n) is 2.34. The molecule has 3 rings (SSSR count). The number of ether oxygens (including phenoxy) is 2. The average molecular weight is 405 g/mol. The van der Waals surface area contributed by atoms with Crippen molar-refractivity contribution in [1.82, 2.24) is 4.98 Å². The molecule has 0 aliphatic heterocycles. The van der Waals surface area contributed by atoms with Crippen molar-refractivity contribution < 1.29 is 18.7 Å². The first-order valence-corrected chi connectivity index (χ1v) is 8.17. The lowest BCUT2D eigenvalue weighted by Gasteiger charge is -2.12. The molecule has 128 valence electrons. The minimum absolute atomic E-state index is 0.0135. The van der Waals surface area contributed by atoms with E-state index >= 15 is 0 Å². The van der Waals surface area contributed by atoms with Gasteiger partial charge < -0.3 is 14.8 Å². The second-order valence-corrected chi connectivity index (χ2v) is 6.04. The summed E-state index contributed by atoms with van der Waals surface area (Å²) in [6, 6.07) is 11.4. The molecular formula is C18H14BrFN2O3. The Balaban J connectivity index is 1.74. The summed E-state index contributed by atoms with van der Waals surface area (Å²) in [6.07, 6.45) is 1.65. The van der Waals surface area contributed by atoms with Crippen molar-refractivity contribution in [2.45, 2.75) is 0 Å². The minimum atomic E-state index is -0.540. The van der Waals surface area contributed by atoms with Crippen LogP contribution in [0.1, 0.15) is 0 Å². The molecule has 0 fully saturated rings. The number of pyridine rings is 1. The number of nitrogens with one attached hydrogen (secondary N) is 1. The zero-order valence-electron chi connectivity index (χ0n) is 13.3. The Bertz CT molecular complexity index is 933. The van der Waals surface area contributed by atoms with Crippen LogP contribution in [0.25, 0.3) is 10.9 Å². The van der Waals surface area contributed by atoms with Crippen LogP contribution >= 0.6 is 15.9 Å². The number of carbonyl (C=O) groups excluding carboxylic acids is 1. The van der Waals surface area contributed by atoms with E-state index in [0.29, 0.717) is 21.4 Å². The zero-order chi connectivity index (χ0) is 17.8. The highest BCUT2D eigenvalue weighted by Crippen LogP contribution is 2.29. The Morgan fingerprint density at radius 3 is 2.80 bits per heavy atom. The van der Waals surface area contributed by atoms with Gasteiger partial charge in [-0.15, -0.1) is 0 Å². The van der Waals surface area contributed by atoms with E-state index in [0.717, 1.165) is 5.39 Å². The lowest BCUT2D eigenvalue weighted by molar-refractivity contribution is -0.118. The summed E-state index contributed by atoms with van der Waals surface area (Å²) in [4.78, 5) is 16.4. The van der Waals surface area contributed by atoms with Gasteiger partial charge in [0, 0.05) is 16.1 Å². The first-order valence-electron chi connectivity index (χ1n) is 7.38. The van der Waals surface area contributed by atoms with Crippen LogP contribution in [0.15, 0.2) is 53.1 Å². The van der Waals surface area contributed by atoms with Crippen LogP contribution < -0.4 is 14.8 Å². The quantitative estimate of drug-likeness (QED) is 0.693. The van der Waals surface area contributed by atoms with Crippen LogP contribution in [0.4, 0.5) is 10.1 Å². The van der Waals surface area contributed by atoms with Crippen LogP contribution in [0.2, 0.25) is 0 Å². The number of methoxy groups -OCH3 is 1. The summed E-state index contributed by atoms with van der Waals surface area (Å²) < 4.78 is 24.8. The van der Waals surface area contributed by atoms with E-state index in [1.807, 2.05) is 6.07 Å². The third kappa shape index (κ3) is 3.88. The number of rotatable bonds is 5. The normalized spacial score (nSPS) is 10.5. The molecule has 0 radical (unpaired) electrons. The van der Waals surface area contributed by atoms with E-state index in [1.165, 1.54) is 12.1 Å². The van der Waals surface area contributed by atoms with Crippen molar-refractivity contribution in [3.63, 3.8) is 0 Å². The number of amides is 1. The van der Waals surface area contributed by atoms with Gasteiger partial charge in [-0.05, 0) is 42.5 Å². The molecule has 0 saturated heterocycles. The monoisotopic (exact) mass is 404 g/mol. The van der Waals surface area contributed by atoms with Gasteiger partial charge in [-0.2, -0.15) is 0 Å². The molecule has 1 aromatic heterocycles. The van der Waals surface area contributed by atoms with Crippen molar-refractivity contribution in [2.24, 2.45) is 0 Å². The molecule has 0 unspecified atom stereocenters. The van der Waals surface area contributed by atoms with Gasteiger partial charge in [0.15, 0.2) is 18.2 Å². The Morgan fingerprint density at radius 2 is 2.04 bits per heavy atom. The van der Waals surface area contributed by atoms with Crippen LogP contribution in [-0.2, 0) is 4.79 Å². The number of hydrogen-bond donors (Lipinski definition) is 1. The minimum Gasteiger partial charge on any atom is -0.494 e. The van der Waals surface area contributed by atoms with E-state index in [-0.39, 0.29) is 12.4 Å². The molecule has 1 heterocycles. The van der Waals surface area contributed by atoms with Crippen molar-refractivity contribution in [3.8, 4) is 11.5 Å². The summed E-state index contributed by atoms with van der Waals surface area (Å²) in [7, 11) is 1.56. The van der Waals surface area contributed by atoms with Crippen LogP contribution in [0, 0.1) is 5.82 Å². The van der Waals surface area contributed by atoms with Crippen LogP contribution in [-0.4, -0.2) is 24.6 Å². The standard InChI is InChI=1S/C18H14BrFN2O3/c1-24-16-7-5-14(12-3-2-8-21-18(12)16)22-17(23)10-25-15-6-4-11(19)9-13(15)20/h2-9H,10H2,1H3,(H,22,23). The fraction of sp³-hybridized carbons (Fsp3) is 0.111. The number of anilines is 1. The molecular weight excluding hydrogens is 391 g/mol. The van der Waals surface area contributed by atoms with Crippen molar-refractivity contribution >= 4 is 38.4 Å². The Morgan fingerprint density at radius 1 is 1.24 bits per heavy atom. The third-order valence-electron chi connectivity index (χ3n) is 3.48. The smallest absolute Gasteiger partial charge is 0.262 e. The molecule has 3 aromatic rings. The van der Waals surface area contributed by atoms with Crippen molar-refractivity contribution in [3.05, 3.63) is 59.0 Å². The van der Waals surface area contributed by atoms with E-state index in [9.17, 15) is 9.18 Å². The molecule has 0 bridgehead atoms. The first-order chi connectivity index (χ1) is 12.1. The van der Waals surface area contributed by atoms with Gasteiger partial charge in [-0.1, -0.05) is 15.9 Å². The molecule has 0 aliphatic carbocycles. The lowest BCUT2D eigenvalue weighted by Crippen LogP contribution is -2.20. The van der Waals surface area contributed by atoms with E-state index in [2.05, 4.69) is 26.2 Å². The zero-order valence-corrected chi connectivity index (χ0v) is 14.8. The molecule has 0 saturated carbocycles. The number of aromatic nitrogens is 1. The number of carbonyl (C=O) groups is 1. The maximum absolute atomic E-state index is 13.7. The summed E-state index contributed by atoms with van der Waals surface area (Å²) in [5.74, 6) is -0.319. The molecule has 0 spiro atoms. The van der Waals surface area contributed by atoms with Crippen molar-refractivity contribution in [1.29, 1.82) is 0 Å². The molecule has 0 aliphatic rings. The number of nitrogens with zero attached hydrogens (tertiary/aromatic N) is 1. The number of halogens is 2. The third-order valence-corrected chi connectivity index (χ3v) is 3.97. The van der Waals surface area contributed by atoms with Gasteiger partial charge in [-0.3, -0.25) is 9.78 Å². The largest absolute Gasteiger partial charge is 0.494 e. The highest BCUT2D eigenvalue weighted by atomic mass is 79.9. The Hall–Kier alpha value is -2.67. The second kappa shape index (κ2) is 7.48. The molecule has 5 nitrogen and oxygen atoms in total. The number of benzene rings is 2. The topological polar surface area (TPSA) is 60.5 Å². The second-order valence-electron chi connectivity index (χ2n) is 5.13. The summed E-state index contributed by atoms with van der Waals surface area (Å²) in [5.41, 5.74) is 1.22. The van der Waals surface area contributed by atoms with Crippen molar-refractivity contribution in [2.75, 3.05) is 19.0 Å². The Kier molecular flexibility index (Phi) is 5.14. The summed E-state index contributed by atoms with van der Waals surface area (Å²) >= 11 is 3.16. The molecule has 1 amide bonds. The predicted molar refractivity (Wildman–Crippen MR) is 96.5 cm³/mol. The highest BCUT2D eigenvalue weighted by molar-refractivity contribution is 9.10. The summed E-state index contributed by atoms with van der Waals surface area (Å²) in [5, 5.41) is 3.49. The van der Waals surface area contributed by atoms with Crippen LogP contribution in [0.5, 0.6) is 11.5 Å².